The van der Waals surface area contributed by atoms with Crippen molar-refractivity contribution in [3.63, 3.8) is 0 Å². The lowest BCUT2D eigenvalue weighted by Crippen LogP contribution is -2.07. The number of hydrogen-bond acceptors (Lipinski definition) is 4. The lowest BCUT2D eigenvalue weighted by Gasteiger charge is -2.12. The summed E-state index contributed by atoms with van der Waals surface area (Å²) in [5.41, 5.74) is 1.17. The van der Waals surface area contributed by atoms with Gasteiger partial charge in [0.1, 0.15) is 22.2 Å². The zero-order chi connectivity index (χ0) is 21.6. The molecule has 1 aliphatic carbocycles. The predicted molar refractivity (Wildman–Crippen MR) is 109 cm³/mol. The van der Waals surface area contributed by atoms with Crippen LogP contribution in [0.25, 0.3) is 28.1 Å². The van der Waals surface area contributed by atoms with E-state index in [9.17, 15) is 17.4 Å². The van der Waals surface area contributed by atoms with Gasteiger partial charge in [0, 0.05) is 19.8 Å². The number of aromatic nitrogens is 5. The van der Waals surface area contributed by atoms with Crippen LogP contribution < -0.4 is 0 Å². The van der Waals surface area contributed by atoms with E-state index in [0.29, 0.717) is 27.8 Å². The summed E-state index contributed by atoms with van der Waals surface area (Å²) in [5, 5.41) is 0.529. The van der Waals surface area contributed by atoms with Crippen LogP contribution in [-0.4, -0.2) is 34.0 Å². The van der Waals surface area contributed by atoms with Gasteiger partial charge in [-0.25, -0.2) is 15.0 Å². The molecule has 160 valence electrons. The molecule has 0 aliphatic heterocycles. The van der Waals surface area contributed by atoms with Crippen molar-refractivity contribution in [1.29, 1.82) is 0 Å². The Labute approximate surface area is 174 Å². The van der Waals surface area contributed by atoms with Gasteiger partial charge >= 0.3 is 6.18 Å². The highest BCUT2D eigenvalue weighted by Crippen LogP contribution is 2.35. The molecule has 30 heavy (non-hydrogen) atoms. The average molecular weight is 437 g/mol. The van der Waals surface area contributed by atoms with Gasteiger partial charge < -0.3 is 9.13 Å². The molecule has 0 saturated carbocycles. The Kier molecular flexibility index (Phi) is 5.29. The second-order valence-electron chi connectivity index (χ2n) is 7.31. The second kappa shape index (κ2) is 7.64. The summed E-state index contributed by atoms with van der Waals surface area (Å²) in [6.07, 6.45) is 2.84. The smallest absolute Gasteiger partial charge is 0.324 e. The monoisotopic (exact) mass is 437 g/mol. The number of hydrogen-bond donors (Lipinski definition) is 0. The molecule has 4 rings (SSSR count). The molecular weight excluding hydrogens is 415 g/mol. The summed E-state index contributed by atoms with van der Waals surface area (Å²) >= 11 is 0. The Morgan fingerprint density at radius 1 is 1.13 bits per heavy atom. The van der Waals surface area contributed by atoms with Gasteiger partial charge in [-0.15, -0.1) is 0 Å². The summed E-state index contributed by atoms with van der Waals surface area (Å²) in [5.74, 6) is 1.51. The quantitative estimate of drug-likeness (QED) is 0.604. The normalized spacial score (nSPS) is 16.1. The van der Waals surface area contributed by atoms with Crippen LogP contribution in [0, 0.1) is 0 Å². The SMILES string of the molecule is CCS(=O)c1c(-c2nc3cc(C(F)(F)F)ncc3n2C)nc(C2=CCCCC2)n1C. The Balaban J connectivity index is 1.93. The Morgan fingerprint density at radius 3 is 2.53 bits per heavy atom. The Hall–Kier alpha value is -2.49. The van der Waals surface area contributed by atoms with Gasteiger partial charge in [-0.05, 0) is 37.3 Å². The highest BCUT2D eigenvalue weighted by Gasteiger charge is 2.33. The maximum absolute atomic E-state index is 13.1. The number of allylic oxidation sites excluding steroid dienone is 2. The first-order chi connectivity index (χ1) is 14.2. The number of rotatable bonds is 4. The second-order valence-corrected chi connectivity index (χ2v) is 8.96. The number of fused-ring (bicyclic) bond motifs is 1. The molecule has 6 nitrogen and oxygen atoms in total. The summed E-state index contributed by atoms with van der Waals surface area (Å²) in [4.78, 5) is 12.7. The Morgan fingerprint density at radius 2 is 1.90 bits per heavy atom. The summed E-state index contributed by atoms with van der Waals surface area (Å²) < 4.78 is 55.6. The van der Waals surface area contributed by atoms with Crippen molar-refractivity contribution in [1.82, 2.24) is 24.1 Å². The molecule has 10 heteroatoms. The molecule has 0 radical (unpaired) electrons. The Bertz CT molecular complexity index is 1180. The van der Waals surface area contributed by atoms with Gasteiger partial charge in [0.15, 0.2) is 5.82 Å². The van der Waals surface area contributed by atoms with E-state index in [1.165, 1.54) is 6.20 Å². The fourth-order valence-corrected chi connectivity index (χ4v) is 4.83. The van der Waals surface area contributed by atoms with E-state index in [1.807, 2.05) is 18.5 Å². The molecule has 3 heterocycles. The van der Waals surface area contributed by atoms with E-state index in [4.69, 9.17) is 4.98 Å². The number of halogens is 3. The molecule has 0 saturated heterocycles. The zero-order valence-electron chi connectivity index (χ0n) is 17.0. The zero-order valence-corrected chi connectivity index (χ0v) is 17.8. The van der Waals surface area contributed by atoms with Crippen molar-refractivity contribution in [2.24, 2.45) is 14.1 Å². The van der Waals surface area contributed by atoms with Crippen molar-refractivity contribution >= 4 is 27.4 Å². The first-order valence-corrected chi connectivity index (χ1v) is 11.1. The van der Waals surface area contributed by atoms with E-state index < -0.39 is 22.7 Å². The fourth-order valence-electron chi connectivity index (χ4n) is 3.81. The third-order valence-electron chi connectivity index (χ3n) is 5.37. The van der Waals surface area contributed by atoms with Gasteiger partial charge in [0.25, 0.3) is 0 Å². The lowest BCUT2D eigenvalue weighted by atomic mass is 9.99. The third kappa shape index (κ3) is 3.46. The first kappa shape index (κ1) is 20.8. The van der Waals surface area contributed by atoms with E-state index in [2.05, 4.69) is 16.0 Å². The topological polar surface area (TPSA) is 65.6 Å². The molecule has 1 aliphatic rings. The standard InChI is InChI=1S/C20H22F3N5OS/c1-4-30(29)19-16(26-17(28(19)3)12-8-6-5-7-9-12)18-25-13-10-15(20(21,22)23)24-11-14(13)27(18)2/h8,10-11H,4-7,9H2,1-3H3. The van der Waals surface area contributed by atoms with Crippen molar-refractivity contribution in [3.8, 4) is 11.5 Å². The van der Waals surface area contributed by atoms with Crippen molar-refractivity contribution in [3.05, 3.63) is 29.9 Å². The van der Waals surface area contributed by atoms with Crippen molar-refractivity contribution in [2.75, 3.05) is 5.75 Å². The van der Waals surface area contributed by atoms with E-state index in [-0.39, 0.29) is 5.52 Å². The minimum absolute atomic E-state index is 0.173. The highest BCUT2D eigenvalue weighted by molar-refractivity contribution is 7.85. The summed E-state index contributed by atoms with van der Waals surface area (Å²) in [6, 6.07) is 0.933. The van der Waals surface area contributed by atoms with Crippen LogP contribution in [0.5, 0.6) is 0 Å². The molecule has 1 unspecified atom stereocenters. The molecular formula is C20H22F3N5OS. The summed E-state index contributed by atoms with van der Waals surface area (Å²) in [7, 11) is 2.21. The van der Waals surface area contributed by atoms with Crippen molar-refractivity contribution < 1.29 is 17.4 Å². The van der Waals surface area contributed by atoms with Crippen LogP contribution in [0.15, 0.2) is 23.4 Å². The van der Waals surface area contributed by atoms with E-state index >= 15 is 0 Å². The third-order valence-corrected chi connectivity index (χ3v) is 6.79. The highest BCUT2D eigenvalue weighted by atomic mass is 32.2. The van der Waals surface area contributed by atoms with Crippen molar-refractivity contribution in [2.45, 2.75) is 43.8 Å². The predicted octanol–water partition coefficient (Wildman–Crippen LogP) is 4.47. The summed E-state index contributed by atoms with van der Waals surface area (Å²) in [6.45, 7) is 1.82. The molecule has 0 spiro atoms. The van der Waals surface area contributed by atoms with Crippen LogP contribution in [0.2, 0.25) is 0 Å². The van der Waals surface area contributed by atoms with Gasteiger partial charge in [-0.3, -0.25) is 4.21 Å². The molecule has 0 fully saturated rings. The number of imidazole rings is 2. The van der Waals surface area contributed by atoms with Gasteiger partial charge in [-0.1, -0.05) is 13.0 Å². The first-order valence-electron chi connectivity index (χ1n) is 9.77. The fraction of sp³-hybridized carbons (Fsp3) is 0.450. The minimum Gasteiger partial charge on any atom is -0.324 e. The van der Waals surface area contributed by atoms with Crippen LogP contribution in [0.3, 0.4) is 0 Å². The lowest BCUT2D eigenvalue weighted by molar-refractivity contribution is -0.141. The van der Waals surface area contributed by atoms with Crippen LogP contribution in [0.4, 0.5) is 13.2 Å². The van der Waals surface area contributed by atoms with Crippen LogP contribution in [0.1, 0.15) is 44.1 Å². The number of aryl methyl sites for hydroxylation is 1. The maximum Gasteiger partial charge on any atom is 0.433 e. The number of nitrogens with zero attached hydrogens (tertiary/aromatic N) is 5. The minimum atomic E-state index is -4.55. The number of alkyl halides is 3. The number of pyridine rings is 1. The molecule has 0 N–H and O–H groups in total. The maximum atomic E-state index is 13.1. The van der Waals surface area contributed by atoms with E-state index in [0.717, 1.165) is 43.1 Å². The molecule has 3 aromatic rings. The molecule has 1 atom stereocenters. The molecule has 3 aromatic heterocycles. The van der Waals surface area contributed by atoms with E-state index in [1.54, 1.807) is 11.6 Å². The molecule has 0 amide bonds. The van der Waals surface area contributed by atoms with Gasteiger partial charge in [0.2, 0.25) is 0 Å². The van der Waals surface area contributed by atoms with Gasteiger partial charge in [0.05, 0.1) is 28.0 Å². The molecule has 0 aromatic carbocycles. The van der Waals surface area contributed by atoms with Crippen LogP contribution >= 0.6 is 0 Å². The van der Waals surface area contributed by atoms with Gasteiger partial charge in [-0.2, -0.15) is 13.2 Å². The van der Waals surface area contributed by atoms with Crippen LogP contribution in [-0.2, 0) is 31.1 Å². The largest absolute Gasteiger partial charge is 0.433 e. The molecule has 0 bridgehead atoms. The average Bonchev–Trinajstić information content (AvgIpc) is 3.24.